The lowest BCUT2D eigenvalue weighted by atomic mass is 10.2. The number of urea groups is 1. The summed E-state index contributed by atoms with van der Waals surface area (Å²) < 4.78 is 16.2. The van der Waals surface area contributed by atoms with E-state index in [0.717, 1.165) is 16.7 Å². The molecule has 2 N–H and O–H groups in total. The summed E-state index contributed by atoms with van der Waals surface area (Å²) in [6.45, 7) is 0.939. The molecule has 0 radical (unpaired) electrons. The quantitative estimate of drug-likeness (QED) is 0.690. The number of amides is 2. The van der Waals surface area contributed by atoms with Crippen molar-refractivity contribution in [2.45, 2.75) is 0 Å². The Labute approximate surface area is 149 Å². The van der Waals surface area contributed by atoms with Gasteiger partial charge in [-0.2, -0.15) is 0 Å². The second-order valence-corrected chi connectivity index (χ2v) is 5.66. The molecule has 0 saturated heterocycles. The molecule has 0 spiro atoms. The third-order valence-electron chi connectivity index (χ3n) is 3.86. The summed E-state index contributed by atoms with van der Waals surface area (Å²) in [7, 11) is 0. The van der Waals surface area contributed by atoms with Crippen LogP contribution in [-0.4, -0.2) is 31.0 Å². The van der Waals surface area contributed by atoms with Gasteiger partial charge in [-0.25, -0.2) is 4.79 Å². The SMILES string of the molecule is O=C(NCCOc1ccc2ncccc2c1)Nc1ccc2c(c1)OCO2. The highest BCUT2D eigenvalue weighted by Gasteiger charge is 2.13. The molecule has 2 aromatic carbocycles. The smallest absolute Gasteiger partial charge is 0.319 e. The second kappa shape index (κ2) is 7.18. The van der Waals surface area contributed by atoms with E-state index in [9.17, 15) is 4.79 Å². The van der Waals surface area contributed by atoms with Crippen LogP contribution in [0.5, 0.6) is 17.2 Å². The number of nitrogens with one attached hydrogen (secondary N) is 2. The highest BCUT2D eigenvalue weighted by molar-refractivity contribution is 5.89. The molecule has 0 aliphatic carbocycles. The van der Waals surface area contributed by atoms with Crippen molar-refractivity contribution in [3.8, 4) is 17.2 Å². The van der Waals surface area contributed by atoms with Gasteiger partial charge in [0.2, 0.25) is 6.79 Å². The summed E-state index contributed by atoms with van der Waals surface area (Å²) in [5.74, 6) is 2.04. The molecule has 132 valence electrons. The van der Waals surface area contributed by atoms with Gasteiger partial charge in [0, 0.05) is 23.3 Å². The number of anilines is 1. The molecule has 7 heteroatoms. The van der Waals surface area contributed by atoms with Gasteiger partial charge in [0.15, 0.2) is 11.5 Å². The molecule has 26 heavy (non-hydrogen) atoms. The number of pyridine rings is 1. The number of aromatic nitrogens is 1. The van der Waals surface area contributed by atoms with E-state index >= 15 is 0 Å². The van der Waals surface area contributed by atoms with E-state index in [1.165, 1.54) is 0 Å². The molecule has 0 unspecified atom stereocenters. The molecular formula is C19H17N3O4. The largest absolute Gasteiger partial charge is 0.492 e. The Hall–Kier alpha value is -3.48. The van der Waals surface area contributed by atoms with E-state index in [4.69, 9.17) is 14.2 Å². The monoisotopic (exact) mass is 351 g/mol. The summed E-state index contributed by atoms with van der Waals surface area (Å²) in [4.78, 5) is 16.2. The summed E-state index contributed by atoms with van der Waals surface area (Å²) in [5.41, 5.74) is 1.55. The zero-order valence-electron chi connectivity index (χ0n) is 13.9. The van der Waals surface area contributed by atoms with Crippen LogP contribution >= 0.6 is 0 Å². The maximum absolute atomic E-state index is 11.9. The normalized spacial score (nSPS) is 12.0. The molecule has 1 aromatic heterocycles. The van der Waals surface area contributed by atoms with Gasteiger partial charge in [-0.1, -0.05) is 6.07 Å². The van der Waals surface area contributed by atoms with E-state index in [2.05, 4.69) is 15.6 Å². The van der Waals surface area contributed by atoms with Crippen LogP contribution in [0.3, 0.4) is 0 Å². The molecule has 1 aliphatic rings. The number of nitrogens with zero attached hydrogens (tertiary/aromatic N) is 1. The molecule has 0 bridgehead atoms. The van der Waals surface area contributed by atoms with Gasteiger partial charge in [-0.15, -0.1) is 0 Å². The molecule has 2 heterocycles. The van der Waals surface area contributed by atoms with E-state index in [1.54, 1.807) is 24.4 Å². The Morgan fingerprint density at radius 2 is 2.04 bits per heavy atom. The number of hydrogen-bond acceptors (Lipinski definition) is 5. The highest BCUT2D eigenvalue weighted by atomic mass is 16.7. The highest BCUT2D eigenvalue weighted by Crippen LogP contribution is 2.34. The molecule has 7 nitrogen and oxygen atoms in total. The molecule has 1 aliphatic heterocycles. The van der Waals surface area contributed by atoms with Crippen molar-refractivity contribution in [2.75, 3.05) is 25.3 Å². The Kier molecular flexibility index (Phi) is 4.42. The van der Waals surface area contributed by atoms with Crippen LogP contribution in [0.2, 0.25) is 0 Å². The van der Waals surface area contributed by atoms with Crippen LogP contribution in [0.15, 0.2) is 54.7 Å². The zero-order chi connectivity index (χ0) is 17.8. The first-order valence-corrected chi connectivity index (χ1v) is 8.20. The van der Waals surface area contributed by atoms with Gasteiger partial charge < -0.3 is 24.8 Å². The first-order valence-electron chi connectivity index (χ1n) is 8.20. The van der Waals surface area contributed by atoms with Crippen LogP contribution < -0.4 is 24.8 Å². The van der Waals surface area contributed by atoms with E-state index < -0.39 is 0 Å². The summed E-state index contributed by atoms with van der Waals surface area (Å²) in [6.07, 6.45) is 1.76. The average molecular weight is 351 g/mol. The minimum Gasteiger partial charge on any atom is -0.492 e. The van der Waals surface area contributed by atoms with Crippen molar-refractivity contribution < 1.29 is 19.0 Å². The topological polar surface area (TPSA) is 81.7 Å². The average Bonchev–Trinajstić information content (AvgIpc) is 3.13. The Balaban J connectivity index is 1.24. The molecule has 2 amide bonds. The third kappa shape index (κ3) is 3.61. The summed E-state index contributed by atoms with van der Waals surface area (Å²) in [5, 5.41) is 6.50. The van der Waals surface area contributed by atoms with Crippen LogP contribution in [-0.2, 0) is 0 Å². The molecule has 0 atom stereocenters. The van der Waals surface area contributed by atoms with E-state index in [-0.39, 0.29) is 12.8 Å². The van der Waals surface area contributed by atoms with Crippen LogP contribution in [0.1, 0.15) is 0 Å². The first kappa shape index (κ1) is 16.0. The fourth-order valence-corrected chi connectivity index (χ4v) is 2.63. The summed E-state index contributed by atoms with van der Waals surface area (Å²) >= 11 is 0. The van der Waals surface area contributed by atoms with Crippen LogP contribution in [0.4, 0.5) is 10.5 Å². The fourth-order valence-electron chi connectivity index (χ4n) is 2.63. The van der Waals surface area contributed by atoms with Crippen molar-refractivity contribution in [2.24, 2.45) is 0 Å². The van der Waals surface area contributed by atoms with Crippen LogP contribution in [0, 0.1) is 0 Å². The third-order valence-corrected chi connectivity index (χ3v) is 3.86. The number of carbonyl (C=O) groups excluding carboxylic acids is 1. The van der Waals surface area contributed by atoms with Crippen molar-refractivity contribution >= 4 is 22.6 Å². The van der Waals surface area contributed by atoms with E-state index in [0.29, 0.717) is 30.3 Å². The van der Waals surface area contributed by atoms with Crippen molar-refractivity contribution in [1.82, 2.24) is 10.3 Å². The number of ether oxygens (including phenoxy) is 3. The first-order chi connectivity index (χ1) is 12.8. The number of benzene rings is 2. The lowest BCUT2D eigenvalue weighted by Crippen LogP contribution is -2.32. The lowest BCUT2D eigenvalue weighted by Gasteiger charge is -2.10. The number of carbonyl (C=O) groups is 1. The van der Waals surface area contributed by atoms with Gasteiger partial charge >= 0.3 is 6.03 Å². The second-order valence-electron chi connectivity index (χ2n) is 5.66. The Morgan fingerprint density at radius 3 is 3.00 bits per heavy atom. The molecule has 4 rings (SSSR count). The van der Waals surface area contributed by atoms with E-state index in [1.807, 2.05) is 30.3 Å². The predicted molar refractivity (Wildman–Crippen MR) is 96.8 cm³/mol. The van der Waals surface area contributed by atoms with Crippen molar-refractivity contribution in [1.29, 1.82) is 0 Å². The lowest BCUT2D eigenvalue weighted by molar-refractivity contribution is 0.174. The van der Waals surface area contributed by atoms with Gasteiger partial charge in [0.1, 0.15) is 12.4 Å². The van der Waals surface area contributed by atoms with Crippen molar-refractivity contribution in [3.63, 3.8) is 0 Å². The van der Waals surface area contributed by atoms with Gasteiger partial charge in [0.05, 0.1) is 12.1 Å². The Bertz CT molecular complexity index is 945. The molecular weight excluding hydrogens is 334 g/mol. The van der Waals surface area contributed by atoms with Crippen molar-refractivity contribution in [3.05, 3.63) is 54.7 Å². The fraction of sp³-hybridized carbons (Fsp3) is 0.158. The maximum Gasteiger partial charge on any atom is 0.319 e. The minimum atomic E-state index is -0.310. The summed E-state index contributed by atoms with van der Waals surface area (Å²) in [6, 6.07) is 14.5. The Morgan fingerprint density at radius 1 is 1.12 bits per heavy atom. The number of rotatable bonds is 5. The van der Waals surface area contributed by atoms with Gasteiger partial charge in [-0.05, 0) is 36.4 Å². The standard InChI is InChI=1S/C19H17N3O4/c23-19(22-14-3-6-17-18(11-14)26-12-25-17)21-8-9-24-15-4-5-16-13(10-15)2-1-7-20-16/h1-7,10-11H,8-9,12H2,(H2,21,22,23). The maximum atomic E-state index is 11.9. The predicted octanol–water partition coefficient (Wildman–Crippen LogP) is 3.16. The van der Waals surface area contributed by atoms with Gasteiger partial charge in [-0.3, -0.25) is 4.98 Å². The number of fused-ring (bicyclic) bond motifs is 2. The minimum absolute atomic E-state index is 0.202. The number of hydrogen-bond donors (Lipinski definition) is 2. The molecule has 0 fully saturated rings. The molecule has 0 saturated carbocycles. The van der Waals surface area contributed by atoms with Crippen LogP contribution in [0.25, 0.3) is 10.9 Å². The van der Waals surface area contributed by atoms with Gasteiger partial charge in [0.25, 0.3) is 0 Å². The molecule has 3 aromatic rings. The zero-order valence-corrected chi connectivity index (χ0v) is 13.9.